The molecule has 0 spiro atoms. The maximum absolute atomic E-state index is 10.0. The Morgan fingerprint density at radius 2 is 2.18 bits per heavy atom. The molecule has 0 aromatic heterocycles. The van der Waals surface area contributed by atoms with Gasteiger partial charge in [-0.05, 0) is 33.1 Å². The van der Waals surface area contributed by atoms with Gasteiger partial charge in [0.2, 0.25) is 0 Å². The SMILES string of the molecule is CCOCCCCC(C)=C=O. The molecule has 64 valence electrons. The predicted molar refractivity (Wildman–Crippen MR) is 45.2 cm³/mol. The van der Waals surface area contributed by atoms with E-state index in [9.17, 15) is 4.79 Å². The van der Waals surface area contributed by atoms with E-state index in [1.165, 1.54) is 0 Å². The first-order valence-electron chi connectivity index (χ1n) is 4.09. The lowest BCUT2D eigenvalue weighted by molar-refractivity contribution is 0.143. The molecule has 0 fully saturated rings. The number of hydrogen-bond donors (Lipinski definition) is 0. The average Bonchev–Trinajstić information content (AvgIpc) is 2.04. The molecule has 0 N–H and O–H groups in total. The van der Waals surface area contributed by atoms with Crippen LogP contribution in [0.4, 0.5) is 0 Å². The van der Waals surface area contributed by atoms with Crippen molar-refractivity contribution in [2.75, 3.05) is 13.2 Å². The zero-order valence-corrected chi connectivity index (χ0v) is 7.35. The summed E-state index contributed by atoms with van der Waals surface area (Å²) in [6.45, 7) is 5.38. The smallest absolute Gasteiger partial charge is 0.123 e. The maximum Gasteiger partial charge on any atom is 0.123 e. The normalized spacial score (nSPS) is 9.27. The quantitative estimate of drug-likeness (QED) is 0.434. The van der Waals surface area contributed by atoms with Crippen LogP contribution in [0.2, 0.25) is 0 Å². The highest BCUT2D eigenvalue weighted by molar-refractivity contribution is 5.50. The fourth-order valence-corrected chi connectivity index (χ4v) is 0.790. The van der Waals surface area contributed by atoms with Crippen LogP contribution in [0, 0.1) is 0 Å². The minimum atomic E-state index is 0.780. The summed E-state index contributed by atoms with van der Waals surface area (Å²) < 4.78 is 5.14. The lowest BCUT2D eigenvalue weighted by Crippen LogP contribution is -1.93. The van der Waals surface area contributed by atoms with Gasteiger partial charge in [0, 0.05) is 18.8 Å². The van der Waals surface area contributed by atoms with Crippen molar-refractivity contribution in [3.05, 3.63) is 5.57 Å². The Balaban J connectivity index is 3.08. The molecule has 2 nitrogen and oxygen atoms in total. The van der Waals surface area contributed by atoms with Crippen LogP contribution in [-0.2, 0) is 9.53 Å². The summed E-state index contributed by atoms with van der Waals surface area (Å²) >= 11 is 0. The second-order valence-corrected chi connectivity index (χ2v) is 2.54. The third-order valence-electron chi connectivity index (χ3n) is 1.47. The highest BCUT2D eigenvalue weighted by Gasteiger charge is 1.91. The molecular formula is C9H16O2. The monoisotopic (exact) mass is 156 g/mol. The molecule has 0 heterocycles. The van der Waals surface area contributed by atoms with Crippen molar-refractivity contribution in [2.24, 2.45) is 0 Å². The highest BCUT2D eigenvalue weighted by Crippen LogP contribution is 2.02. The molecule has 11 heavy (non-hydrogen) atoms. The summed E-state index contributed by atoms with van der Waals surface area (Å²) in [6.07, 6.45) is 2.92. The molecule has 0 bridgehead atoms. The second kappa shape index (κ2) is 7.52. The van der Waals surface area contributed by atoms with Crippen molar-refractivity contribution in [2.45, 2.75) is 33.1 Å². The van der Waals surface area contributed by atoms with E-state index in [4.69, 9.17) is 4.74 Å². The van der Waals surface area contributed by atoms with Crippen molar-refractivity contribution in [3.63, 3.8) is 0 Å². The van der Waals surface area contributed by atoms with Crippen LogP contribution in [0.3, 0.4) is 0 Å². The summed E-state index contributed by atoms with van der Waals surface area (Å²) in [5.41, 5.74) is 0.807. The molecule has 2 heteroatoms. The second-order valence-electron chi connectivity index (χ2n) is 2.54. The molecule has 0 aliphatic carbocycles. The first-order valence-corrected chi connectivity index (χ1v) is 4.09. The molecule has 0 saturated carbocycles. The summed E-state index contributed by atoms with van der Waals surface area (Å²) in [5.74, 6) is 1.88. The van der Waals surface area contributed by atoms with Gasteiger partial charge in [-0.15, -0.1) is 0 Å². The molecule has 0 amide bonds. The van der Waals surface area contributed by atoms with E-state index in [-0.39, 0.29) is 0 Å². The standard InChI is InChI=1S/C9H16O2/c1-3-11-7-5-4-6-9(2)8-10/h3-7H2,1-2H3. The Hall–Kier alpha value is -0.590. The van der Waals surface area contributed by atoms with E-state index < -0.39 is 0 Å². The number of ether oxygens (including phenoxy) is 1. The first kappa shape index (κ1) is 10.4. The maximum atomic E-state index is 10.0. The van der Waals surface area contributed by atoms with Crippen LogP contribution < -0.4 is 0 Å². The zero-order valence-electron chi connectivity index (χ0n) is 7.35. The van der Waals surface area contributed by atoms with Gasteiger partial charge < -0.3 is 4.74 Å². The van der Waals surface area contributed by atoms with Crippen LogP contribution in [0.15, 0.2) is 5.57 Å². The summed E-state index contributed by atoms with van der Waals surface area (Å²) in [7, 11) is 0. The van der Waals surface area contributed by atoms with Gasteiger partial charge in [0.25, 0.3) is 0 Å². The topological polar surface area (TPSA) is 26.3 Å². The molecule has 0 aliphatic rings. The van der Waals surface area contributed by atoms with Gasteiger partial charge in [-0.1, -0.05) is 0 Å². The predicted octanol–water partition coefficient (Wildman–Crippen LogP) is 1.97. The van der Waals surface area contributed by atoms with E-state index in [2.05, 4.69) is 0 Å². The van der Waals surface area contributed by atoms with Gasteiger partial charge in [-0.3, -0.25) is 0 Å². The summed E-state index contributed by atoms with van der Waals surface area (Å²) in [4.78, 5) is 10.0. The van der Waals surface area contributed by atoms with E-state index in [1.807, 2.05) is 19.8 Å². The lowest BCUT2D eigenvalue weighted by atomic mass is 10.1. The van der Waals surface area contributed by atoms with Crippen molar-refractivity contribution in [1.82, 2.24) is 0 Å². The van der Waals surface area contributed by atoms with E-state index in [0.29, 0.717) is 0 Å². The number of rotatable bonds is 6. The molecule has 0 saturated heterocycles. The highest BCUT2D eigenvalue weighted by atomic mass is 16.5. The Morgan fingerprint density at radius 1 is 1.45 bits per heavy atom. The zero-order chi connectivity index (χ0) is 8.53. The van der Waals surface area contributed by atoms with Crippen LogP contribution in [0.25, 0.3) is 0 Å². The van der Waals surface area contributed by atoms with Crippen LogP contribution in [-0.4, -0.2) is 19.2 Å². The summed E-state index contributed by atoms with van der Waals surface area (Å²) in [6, 6.07) is 0. The van der Waals surface area contributed by atoms with Crippen LogP contribution in [0.5, 0.6) is 0 Å². The molecule has 0 aromatic carbocycles. The molecule has 0 aromatic rings. The Morgan fingerprint density at radius 3 is 2.73 bits per heavy atom. The van der Waals surface area contributed by atoms with Gasteiger partial charge >= 0.3 is 0 Å². The van der Waals surface area contributed by atoms with E-state index in [0.717, 1.165) is 38.0 Å². The minimum absolute atomic E-state index is 0.780. The van der Waals surface area contributed by atoms with Crippen LogP contribution in [0.1, 0.15) is 33.1 Å². The van der Waals surface area contributed by atoms with Gasteiger partial charge in [-0.2, -0.15) is 0 Å². The Bertz CT molecular complexity index is 134. The van der Waals surface area contributed by atoms with Crippen molar-refractivity contribution in [1.29, 1.82) is 0 Å². The van der Waals surface area contributed by atoms with E-state index in [1.54, 1.807) is 0 Å². The van der Waals surface area contributed by atoms with E-state index >= 15 is 0 Å². The Kier molecular flexibility index (Phi) is 7.11. The average molecular weight is 156 g/mol. The number of carbonyl (C=O) groups excluding carboxylic acids is 1. The fourth-order valence-electron chi connectivity index (χ4n) is 0.790. The van der Waals surface area contributed by atoms with Gasteiger partial charge in [0.1, 0.15) is 5.94 Å². The summed E-state index contributed by atoms with van der Waals surface area (Å²) in [5, 5.41) is 0. The molecule has 0 atom stereocenters. The van der Waals surface area contributed by atoms with Gasteiger partial charge in [-0.25, -0.2) is 4.79 Å². The number of hydrogen-bond acceptors (Lipinski definition) is 2. The van der Waals surface area contributed by atoms with Crippen molar-refractivity contribution in [3.8, 4) is 0 Å². The molecule has 0 radical (unpaired) electrons. The molecular weight excluding hydrogens is 140 g/mol. The first-order chi connectivity index (χ1) is 5.31. The van der Waals surface area contributed by atoms with Crippen molar-refractivity contribution >= 4 is 5.94 Å². The third kappa shape index (κ3) is 7.31. The molecule has 0 aliphatic heterocycles. The Labute approximate surface area is 68.2 Å². The fraction of sp³-hybridized carbons (Fsp3) is 0.778. The van der Waals surface area contributed by atoms with Gasteiger partial charge in [0.05, 0.1) is 0 Å². The number of unbranched alkanes of at least 4 members (excludes halogenated alkanes) is 1. The largest absolute Gasteiger partial charge is 0.382 e. The number of allylic oxidation sites excluding steroid dienone is 1. The van der Waals surface area contributed by atoms with Gasteiger partial charge in [0.15, 0.2) is 0 Å². The van der Waals surface area contributed by atoms with Crippen LogP contribution >= 0.6 is 0 Å². The third-order valence-corrected chi connectivity index (χ3v) is 1.47. The molecule has 0 unspecified atom stereocenters. The lowest BCUT2D eigenvalue weighted by Gasteiger charge is -1.99. The van der Waals surface area contributed by atoms with Crippen molar-refractivity contribution < 1.29 is 9.53 Å². The molecule has 0 rings (SSSR count). The minimum Gasteiger partial charge on any atom is -0.382 e.